The second-order valence-electron chi connectivity index (χ2n) is 10.3. The summed E-state index contributed by atoms with van der Waals surface area (Å²) in [5.74, 6) is -0.423. The number of halogens is 1. The highest BCUT2D eigenvalue weighted by Crippen LogP contribution is 2.40. The number of hydrogen-bond donors (Lipinski definition) is 5. The quantitative estimate of drug-likeness (QED) is 0.135. The fourth-order valence-corrected chi connectivity index (χ4v) is 7.25. The standard InChI is InChI=1S/C17H18N2O5S.C12H11ClN6O2S2/c18-25(22,23)15-11-12(17(20)21)10-14(19-8-4-5-9-19)16(15)24-13-6-2-1-3-7-13;13-9-5-10(15-6-7-2-1-3-22-7)8(12-16-18-19-17-12)4-11(9)23(14,20)21/h1-3,6-7,10-11H,4-5,8-9H2,(H,20,21)(H2,18,22,23);1-5,15H,6H2,(H2,14,20,21)(H,16,17,18,19). The summed E-state index contributed by atoms with van der Waals surface area (Å²) in [4.78, 5) is 13.9. The molecule has 0 amide bonds. The number of thiophene rings is 1. The summed E-state index contributed by atoms with van der Waals surface area (Å²) in [6, 6.07) is 17.9. The molecule has 48 heavy (non-hydrogen) atoms. The van der Waals surface area contributed by atoms with Crippen LogP contribution in [0.25, 0.3) is 11.4 Å². The van der Waals surface area contributed by atoms with Crippen LogP contribution in [0, 0.1) is 0 Å². The third kappa shape index (κ3) is 8.46. The van der Waals surface area contributed by atoms with E-state index >= 15 is 0 Å². The molecule has 1 aliphatic rings. The molecule has 1 aliphatic heterocycles. The van der Waals surface area contributed by atoms with Gasteiger partial charge in [-0.15, -0.1) is 16.4 Å². The van der Waals surface area contributed by atoms with Crippen molar-refractivity contribution in [3.05, 3.63) is 87.6 Å². The van der Waals surface area contributed by atoms with Crippen molar-refractivity contribution in [1.29, 1.82) is 0 Å². The summed E-state index contributed by atoms with van der Waals surface area (Å²) in [6.07, 6.45) is 1.87. The fraction of sp³-hybridized carbons (Fsp3) is 0.172. The van der Waals surface area contributed by atoms with Crippen LogP contribution >= 0.6 is 22.9 Å². The number of hydrogen-bond acceptors (Lipinski definition) is 12. The van der Waals surface area contributed by atoms with E-state index in [1.807, 2.05) is 28.5 Å². The summed E-state index contributed by atoms with van der Waals surface area (Å²) in [5, 5.41) is 38.5. The molecule has 0 saturated carbocycles. The maximum absolute atomic E-state index is 12.1. The van der Waals surface area contributed by atoms with Crippen LogP contribution in [0.15, 0.2) is 81.9 Å². The Morgan fingerprint density at radius 1 is 1.00 bits per heavy atom. The van der Waals surface area contributed by atoms with E-state index in [-0.39, 0.29) is 26.1 Å². The highest BCUT2D eigenvalue weighted by atomic mass is 35.5. The van der Waals surface area contributed by atoms with E-state index in [4.69, 9.17) is 26.6 Å². The predicted molar refractivity (Wildman–Crippen MR) is 180 cm³/mol. The summed E-state index contributed by atoms with van der Waals surface area (Å²) >= 11 is 7.65. The Kier molecular flexibility index (Phi) is 10.6. The highest BCUT2D eigenvalue weighted by Gasteiger charge is 2.27. The van der Waals surface area contributed by atoms with Crippen LogP contribution in [0.5, 0.6) is 11.5 Å². The highest BCUT2D eigenvalue weighted by molar-refractivity contribution is 7.89. The Balaban J connectivity index is 0.000000188. The number of anilines is 2. The van der Waals surface area contributed by atoms with Crippen LogP contribution in [0.3, 0.4) is 0 Å². The molecule has 7 N–H and O–H groups in total. The molecule has 3 aromatic carbocycles. The molecule has 0 bridgehead atoms. The minimum Gasteiger partial charge on any atom is -0.478 e. The van der Waals surface area contributed by atoms with Gasteiger partial charge in [0.1, 0.15) is 15.5 Å². The lowest BCUT2D eigenvalue weighted by Gasteiger charge is -2.23. The number of rotatable bonds is 10. The summed E-state index contributed by atoms with van der Waals surface area (Å²) < 4.78 is 53.3. The van der Waals surface area contributed by atoms with Crippen molar-refractivity contribution < 1.29 is 31.5 Å². The van der Waals surface area contributed by atoms with Gasteiger partial charge >= 0.3 is 5.97 Å². The molecule has 1 fully saturated rings. The number of nitrogens with zero attached hydrogens (tertiary/aromatic N) is 4. The lowest BCUT2D eigenvalue weighted by Crippen LogP contribution is -2.21. The Hall–Kier alpha value is -4.59. The maximum atomic E-state index is 12.1. The largest absolute Gasteiger partial charge is 0.478 e. The number of carboxylic acid groups (broad SMARTS) is 1. The number of ether oxygens (including phenoxy) is 1. The van der Waals surface area contributed by atoms with E-state index in [1.165, 1.54) is 18.2 Å². The number of para-hydroxylation sites is 1. The second-order valence-corrected chi connectivity index (χ2v) is 14.8. The Labute approximate surface area is 284 Å². The van der Waals surface area contributed by atoms with Crippen LogP contribution in [0.1, 0.15) is 28.1 Å². The van der Waals surface area contributed by atoms with Gasteiger partial charge in [-0.25, -0.2) is 37.0 Å². The Morgan fingerprint density at radius 3 is 2.29 bits per heavy atom. The average molecular weight is 733 g/mol. The minimum absolute atomic E-state index is 0.0254. The molecular weight excluding hydrogens is 704 g/mol. The van der Waals surface area contributed by atoms with Crippen LogP contribution in [-0.2, 0) is 26.6 Å². The molecule has 0 aliphatic carbocycles. The van der Waals surface area contributed by atoms with Gasteiger partial charge in [-0.1, -0.05) is 35.9 Å². The van der Waals surface area contributed by atoms with Gasteiger partial charge in [-0.05, 0) is 71.1 Å². The van der Waals surface area contributed by atoms with E-state index in [9.17, 15) is 26.7 Å². The molecule has 0 atom stereocenters. The lowest BCUT2D eigenvalue weighted by atomic mass is 10.1. The van der Waals surface area contributed by atoms with E-state index in [0.29, 0.717) is 48.1 Å². The van der Waals surface area contributed by atoms with Crippen molar-refractivity contribution in [2.75, 3.05) is 23.3 Å². The molecule has 0 radical (unpaired) electrons. The van der Waals surface area contributed by atoms with E-state index in [0.717, 1.165) is 23.8 Å². The van der Waals surface area contributed by atoms with Crippen molar-refractivity contribution in [3.8, 4) is 22.9 Å². The van der Waals surface area contributed by atoms with E-state index in [2.05, 4.69) is 25.9 Å². The molecule has 2 aromatic heterocycles. The first kappa shape index (κ1) is 34.7. The minimum atomic E-state index is -4.18. The number of aromatic carboxylic acids is 1. The summed E-state index contributed by atoms with van der Waals surface area (Å²) in [5.41, 5.74) is 1.32. The van der Waals surface area contributed by atoms with Gasteiger partial charge in [0.15, 0.2) is 11.6 Å². The number of H-pyrrole nitrogens is 1. The normalized spacial score (nSPS) is 13.1. The zero-order valence-corrected chi connectivity index (χ0v) is 28.1. The second kappa shape index (κ2) is 14.7. The number of tetrazole rings is 1. The van der Waals surface area contributed by atoms with E-state index in [1.54, 1.807) is 35.6 Å². The smallest absolute Gasteiger partial charge is 0.335 e. The third-order valence-corrected chi connectivity index (χ3v) is 10.2. The fourth-order valence-electron chi connectivity index (χ4n) is 4.81. The van der Waals surface area contributed by atoms with E-state index < -0.39 is 26.0 Å². The Bertz CT molecular complexity index is 2110. The SMILES string of the molecule is NS(=O)(=O)c1cc(-c2nnn[nH]2)c(NCc2cccs2)cc1Cl.NS(=O)(=O)c1cc(C(=O)O)cc(N2CCCC2)c1Oc1ccccc1. The van der Waals surface area contributed by atoms with Gasteiger partial charge in [0, 0.05) is 35.8 Å². The topological polar surface area (TPSA) is 237 Å². The molecule has 252 valence electrons. The predicted octanol–water partition coefficient (Wildman–Crippen LogP) is 4.27. The zero-order chi connectivity index (χ0) is 34.5. The van der Waals surface area contributed by atoms with Gasteiger partial charge in [0.05, 0.1) is 16.3 Å². The molecule has 1 saturated heterocycles. The molecule has 3 heterocycles. The number of benzene rings is 3. The van der Waals surface area contributed by atoms with Crippen LogP contribution in [0.2, 0.25) is 5.02 Å². The summed E-state index contributed by atoms with van der Waals surface area (Å²) in [6.45, 7) is 1.94. The third-order valence-electron chi connectivity index (χ3n) is 7.01. The van der Waals surface area contributed by atoms with Crippen molar-refractivity contribution in [1.82, 2.24) is 20.6 Å². The van der Waals surface area contributed by atoms with Crippen molar-refractivity contribution in [2.24, 2.45) is 10.3 Å². The van der Waals surface area contributed by atoms with Gasteiger partial charge in [0.25, 0.3) is 0 Å². The van der Waals surface area contributed by atoms with Crippen LogP contribution in [0.4, 0.5) is 11.4 Å². The van der Waals surface area contributed by atoms with Gasteiger partial charge < -0.3 is 20.1 Å². The molecule has 19 heteroatoms. The molecular formula is C29H29ClN8O7S3. The number of sulfonamides is 2. The van der Waals surface area contributed by atoms with Crippen molar-refractivity contribution >= 4 is 60.3 Å². The maximum Gasteiger partial charge on any atom is 0.335 e. The number of aromatic amines is 1. The van der Waals surface area contributed by atoms with Gasteiger partial charge in [-0.2, -0.15) is 0 Å². The number of nitrogens with one attached hydrogen (secondary N) is 2. The molecule has 5 aromatic rings. The number of nitrogens with two attached hydrogens (primary N) is 2. The molecule has 15 nitrogen and oxygen atoms in total. The first-order chi connectivity index (χ1) is 22.8. The number of carbonyl (C=O) groups is 1. The Morgan fingerprint density at radius 2 is 1.71 bits per heavy atom. The van der Waals surface area contributed by atoms with Crippen molar-refractivity contribution in [3.63, 3.8) is 0 Å². The lowest BCUT2D eigenvalue weighted by molar-refractivity contribution is 0.0696. The molecule has 0 unspecified atom stereocenters. The number of primary sulfonamides is 2. The average Bonchev–Trinajstić information content (AvgIpc) is 3.84. The first-order valence-electron chi connectivity index (χ1n) is 14.1. The van der Waals surface area contributed by atoms with Crippen LogP contribution < -0.4 is 25.2 Å². The van der Waals surface area contributed by atoms with Crippen molar-refractivity contribution in [2.45, 2.75) is 29.2 Å². The number of aromatic nitrogens is 4. The van der Waals surface area contributed by atoms with Gasteiger partial charge in [-0.3, -0.25) is 0 Å². The molecule has 6 rings (SSSR count). The summed E-state index contributed by atoms with van der Waals surface area (Å²) in [7, 11) is -8.14. The van der Waals surface area contributed by atoms with Crippen LogP contribution in [-0.4, -0.2) is 61.6 Å². The monoisotopic (exact) mass is 732 g/mol. The zero-order valence-electron chi connectivity index (χ0n) is 24.9. The molecule has 0 spiro atoms. The number of carboxylic acids is 1. The first-order valence-corrected chi connectivity index (χ1v) is 18.4. The van der Waals surface area contributed by atoms with Gasteiger partial charge in [0.2, 0.25) is 20.0 Å².